The minimum absolute atomic E-state index is 0.135. The first-order chi connectivity index (χ1) is 7.68. The summed E-state index contributed by atoms with van der Waals surface area (Å²) in [6, 6.07) is 3.72. The number of nitrogens with zero attached hydrogens (tertiary/aromatic N) is 3. The number of hydrogen-bond donors (Lipinski definition) is 1. The fourth-order valence-corrected chi connectivity index (χ4v) is 1.32. The number of nitrogens with one attached hydrogen (secondary N) is 1. The van der Waals surface area contributed by atoms with Gasteiger partial charge >= 0.3 is 0 Å². The molecular formula is C10H10F2N4. The molecule has 4 nitrogen and oxygen atoms in total. The van der Waals surface area contributed by atoms with Crippen LogP contribution in [0.1, 0.15) is 5.69 Å². The van der Waals surface area contributed by atoms with Gasteiger partial charge in [0.1, 0.15) is 17.3 Å². The van der Waals surface area contributed by atoms with E-state index < -0.39 is 11.6 Å². The molecule has 0 atom stereocenters. The topological polar surface area (TPSA) is 42.7 Å². The molecule has 2 aromatic rings. The van der Waals surface area contributed by atoms with Crippen molar-refractivity contribution < 1.29 is 8.78 Å². The molecule has 2 rings (SSSR count). The number of aromatic nitrogens is 3. The molecule has 0 unspecified atom stereocenters. The lowest BCUT2D eigenvalue weighted by atomic mass is 10.3. The predicted molar refractivity (Wildman–Crippen MR) is 54.7 cm³/mol. The maximum Gasteiger partial charge on any atom is 0.149 e. The summed E-state index contributed by atoms with van der Waals surface area (Å²) < 4.78 is 28.0. The van der Waals surface area contributed by atoms with Gasteiger partial charge in [0.15, 0.2) is 0 Å². The molecule has 16 heavy (non-hydrogen) atoms. The molecule has 1 heterocycles. The molecule has 0 amide bonds. The summed E-state index contributed by atoms with van der Waals surface area (Å²) >= 11 is 0. The van der Waals surface area contributed by atoms with E-state index >= 15 is 0 Å². The van der Waals surface area contributed by atoms with Crippen molar-refractivity contribution in [2.45, 2.75) is 6.54 Å². The highest BCUT2D eigenvalue weighted by Crippen LogP contribution is 2.18. The first-order valence-corrected chi connectivity index (χ1v) is 4.70. The average molecular weight is 224 g/mol. The maximum atomic E-state index is 13.2. The molecule has 1 N–H and O–H groups in total. The zero-order chi connectivity index (χ0) is 11.5. The van der Waals surface area contributed by atoms with Crippen molar-refractivity contribution >= 4 is 5.69 Å². The van der Waals surface area contributed by atoms with Crippen molar-refractivity contribution in [3.05, 3.63) is 41.7 Å². The van der Waals surface area contributed by atoms with E-state index in [9.17, 15) is 8.78 Å². The number of benzene rings is 1. The molecule has 1 aromatic heterocycles. The minimum atomic E-state index is -0.616. The smallest absolute Gasteiger partial charge is 0.149 e. The average Bonchev–Trinajstić information content (AvgIpc) is 2.64. The van der Waals surface area contributed by atoms with Crippen LogP contribution in [0, 0.1) is 11.6 Å². The molecule has 84 valence electrons. The van der Waals surface area contributed by atoms with Crippen LogP contribution in [0.3, 0.4) is 0 Å². The largest absolute Gasteiger partial charge is 0.375 e. The van der Waals surface area contributed by atoms with E-state index in [1.165, 1.54) is 29.1 Å². The van der Waals surface area contributed by atoms with Crippen LogP contribution in [-0.2, 0) is 13.6 Å². The van der Waals surface area contributed by atoms with Gasteiger partial charge in [-0.05, 0) is 12.1 Å². The van der Waals surface area contributed by atoms with E-state index in [0.29, 0.717) is 0 Å². The van der Waals surface area contributed by atoms with Gasteiger partial charge in [-0.25, -0.2) is 8.78 Å². The Kier molecular flexibility index (Phi) is 2.80. The number of aryl methyl sites for hydroxylation is 1. The van der Waals surface area contributed by atoms with Gasteiger partial charge < -0.3 is 5.32 Å². The summed E-state index contributed by atoms with van der Waals surface area (Å²) in [5, 5.41) is 10.1. The second-order valence-electron chi connectivity index (χ2n) is 3.30. The van der Waals surface area contributed by atoms with Gasteiger partial charge in [0, 0.05) is 7.05 Å². The number of hydrogen-bond acceptors (Lipinski definition) is 3. The molecule has 1 aromatic carbocycles. The number of rotatable bonds is 3. The van der Waals surface area contributed by atoms with E-state index in [1.54, 1.807) is 7.05 Å². The van der Waals surface area contributed by atoms with Crippen molar-refractivity contribution in [1.29, 1.82) is 0 Å². The van der Waals surface area contributed by atoms with Gasteiger partial charge in [-0.2, -0.15) is 0 Å². The molecule has 6 heteroatoms. The lowest BCUT2D eigenvalue weighted by molar-refractivity contribution is 0.586. The molecule has 0 fully saturated rings. The molecule has 0 radical (unpaired) electrons. The fourth-order valence-electron chi connectivity index (χ4n) is 1.32. The van der Waals surface area contributed by atoms with Crippen molar-refractivity contribution in [2.24, 2.45) is 7.05 Å². The molecule has 0 saturated heterocycles. The van der Waals surface area contributed by atoms with Gasteiger partial charge in [0.2, 0.25) is 0 Å². The Bertz CT molecular complexity index is 475. The quantitative estimate of drug-likeness (QED) is 0.863. The second kappa shape index (κ2) is 4.26. The Hall–Kier alpha value is -1.98. The van der Waals surface area contributed by atoms with Crippen LogP contribution in [0.5, 0.6) is 0 Å². The van der Waals surface area contributed by atoms with E-state index in [4.69, 9.17) is 0 Å². The molecule has 0 aliphatic rings. The molecule has 0 saturated carbocycles. The van der Waals surface area contributed by atoms with Crippen molar-refractivity contribution in [3.8, 4) is 0 Å². The Morgan fingerprint density at radius 1 is 1.31 bits per heavy atom. The normalized spacial score (nSPS) is 10.4. The van der Waals surface area contributed by atoms with Crippen LogP contribution >= 0.6 is 0 Å². The van der Waals surface area contributed by atoms with Crippen LogP contribution in [-0.4, -0.2) is 15.0 Å². The van der Waals surface area contributed by atoms with Crippen LogP contribution in [0.4, 0.5) is 14.5 Å². The number of para-hydroxylation sites is 1. The Labute approximate surface area is 90.9 Å². The minimum Gasteiger partial charge on any atom is -0.375 e. The Morgan fingerprint density at radius 3 is 2.56 bits per heavy atom. The molecule has 0 aliphatic carbocycles. The lowest BCUT2D eigenvalue weighted by Gasteiger charge is -2.07. The zero-order valence-electron chi connectivity index (χ0n) is 8.61. The number of halogens is 2. The standard InChI is InChI=1S/C10H10F2N4/c1-16-7(6-14-15-16)5-13-10-8(11)3-2-4-9(10)12/h2-4,6,13H,5H2,1H3. The summed E-state index contributed by atoms with van der Waals surface area (Å²) in [6.45, 7) is 0.265. The van der Waals surface area contributed by atoms with Gasteiger partial charge in [0.25, 0.3) is 0 Å². The third-order valence-corrected chi connectivity index (χ3v) is 2.22. The van der Waals surface area contributed by atoms with Gasteiger partial charge in [-0.3, -0.25) is 4.68 Å². The van der Waals surface area contributed by atoms with Crippen molar-refractivity contribution in [2.75, 3.05) is 5.32 Å². The Morgan fingerprint density at radius 2 is 2.00 bits per heavy atom. The van der Waals surface area contributed by atoms with Gasteiger partial charge in [0.05, 0.1) is 18.4 Å². The zero-order valence-corrected chi connectivity index (χ0v) is 8.61. The first-order valence-electron chi connectivity index (χ1n) is 4.70. The SMILES string of the molecule is Cn1nncc1CNc1c(F)cccc1F. The van der Waals surface area contributed by atoms with E-state index in [-0.39, 0.29) is 12.2 Å². The summed E-state index contributed by atoms with van der Waals surface area (Å²) in [5.41, 5.74) is 0.603. The van der Waals surface area contributed by atoms with Crippen LogP contribution < -0.4 is 5.32 Å². The van der Waals surface area contributed by atoms with Gasteiger partial charge in [-0.1, -0.05) is 11.3 Å². The van der Waals surface area contributed by atoms with Gasteiger partial charge in [-0.15, -0.1) is 5.10 Å². The molecule has 0 spiro atoms. The lowest BCUT2D eigenvalue weighted by Crippen LogP contribution is -2.07. The molecule has 0 bridgehead atoms. The summed E-state index contributed by atoms with van der Waals surface area (Å²) in [7, 11) is 1.71. The van der Waals surface area contributed by atoms with Crippen LogP contribution in [0.15, 0.2) is 24.4 Å². The van der Waals surface area contributed by atoms with Crippen LogP contribution in [0.2, 0.25) is 0 Å². The summed E-state index contributed by atoms with van der Waals surface area (Å²) in [4.78, 5) is 0. The predicted octanol–water partition coefficient (Wildman–Crippen LogP) is 1.71. The maximum absolute atomic E-state index is 13.2. The first kappa shape index (κ1) is 10.5. The monoisotopic (exact) mass is 224 g/mol. The van der Waals surface area contributed by atoms with E-state index in [2.05, 4.69) is 15.6 Å². The second-order valence-corrected chi connectivity index (χ2v) is 3.30. The molecule has 0 aliphatic heterocycles. The Balaban J connectivity index is 2.14. The fraction of sp³-hybridized carbons (Fsp3) is 0.200. The summed E-state index contributed by atoms with van der Waals surface area (Å²) in [5.74, 6) is -1.23. The summed E-state index contributed by atoms with van der Waals surface area (Å²) in [6.07, 6.45) is 1.53. The third kappa shape index (κ3) is 2.00. The van der Waals surface area contributed by atoms with E-state index in [0.717, 1.165) is 5.69 Å². The number of anilines is 1. The third-order valence-electron chi connectivity index (χ3n) is 2.22. The van der Waals surface area contributed by atoms with Crippen molar-refractivity contribution in [3.63, 3.8) is 0 Å². The van der Waals surface area contributed by atoms with E-state index in [1.807, 2.05) is 0 Å². The van der Waals surface area contributed by atoms with Crippen molar-refractivity contribution in [1.82, 2.24) is 15.0 Å². The highest BCUT2D eigenvalue weighted by Gasteiger charge is 2.08. The highest BCUT2D eigenvalue weighted by atomic mass is 19.1. The highest BCUT2D eigenvalue weighted by molar-refractivity contribution is 5.46. The molecular weight excluding hydrogens is 214 g/mol. The van der Waals surface area contributed by atoms with Crippen LogP contribution in [0.25, 0.3) is 0 Å².